The van der Waals surface area contributed by atoms with E-state index in [2.05, 4.69) is 19.2 Å². The van der Waals surface area contributed by atoms with Crippen LogP contribution in [0.2, 0.25) is 0 Å². The molecule has 0 aromatic heterocycles. The Balaban J connectivity index is 2.09. The molecule has 1 amide bonds. The first-order chi connectivity index (χ1) is 8.18. The summed E-state index contributed by atoms with van der Waals surface area (Å²) < 4.78 is 5.33. The Morgan fingerprint density at radius 1 is 1.29 bits per heavy atom. The molecule has 1 aromatic rings. The summed E-state index contributed by atoms with van der Waals surface area (Å²) in [6, 6.07) is 9.36. The monoisotopic (exact) mass is 235 g/mol. The Morgan fingerprint density at radius 3 is 2.65 bits per heavy atom. The highest BCUT2D eigenvalue weighted by Crippen LogP contribution is 2.07. The van der Waals surface area contributed by atoms with Crippen LogP contribution in [0.25, 0.3) is 0 Å². The van der Waals surface area contributed by atoms with Gasteiger partial charge in [0.05, 0.1) is 0 Å². The molecule has 0 aliphatic heterocycles. The van der Waals surface area contributed by atoms with Crippen LogP contribution in [0, 0.1) is 5.92 Å². The van der Waals surface area contributed by atoms with Crippen molar-refractivity contribution in [3.63, 3.8) is 0 Å². The van der Waals surface area contributed by atoms with Crippen molar-refractivity contribution >= 4 is 5.91 Å². The highest BCUT2D eigenvalue weighted by atomic mass is 16.5. The second-order valence-corrected chi connectivity index (χ2v) is 4.49. The summed E-state index contributed by atoms with van der Waals surface area (Å²) >= 11 is 0. The third-order valence-corrected chi connectivity index (χ3v) is 2.39. The van der Waals surface area contributed by atoms with E-state index in [1.54, 1.807) is 0 Å². The maximum absolute atomic E-state index is 11.4. The second kappa shape index (κ2) is 7.71. The van der Waals surface area contributed by atoms with E-state index in [9.17, 15) is 4.79 Å². The van der Waals surface area contributed by atoms with Crippen LogP contribution in [-0.2, 0) is 4.79 Å². The largest absolute Gasteiger partial charge is 0.484 e. The predicted octanol–water partition coefficient (Wildman–Crippen LogP) is 2.62. The fourth-order valence-electron chi connectivity index (χ4n) is 1.45. The number of ether oxygens (including phenoxy) is 1. The van der Waals surface area contributed by atoms with Gasteiger partial charge in [-0.2, -0.15) is 0 Å². The number of rotatable bonds is 7. The van der Waals surface area contributed by atoms with Gasteiger partial charge in [0, 0.05) is 6.54 Å². The average molecular weight is 235 g/mol. The molecule has 0 spiro atoms. The molecule has 0 aliphatic rings. The minimum Gasteiger partial charge on any atom is -0.484 e. The fraction of sp³-hybridized carbons (Fsp3) is 0.500. The van der Waals surface area contributed by atoms with E-state index in [0.717, 1.165) is 25.1 Å². The maximum atomic E-state index is 11.4. The Morgan fingerprint density at radius 2 is 2.00 bits per heavy atom. The number of para-hydroxylation sites is 1. The summed E-state index contributed by atoms with van der Waals surface area (Å²) in [5.74, 6) is 1.36. The van der Waals surface area contributed by atoms with Crippen LogP contribution < -0.4 is 10.1 Å². The third-order valence-electron chi connectivity index (χ3n) is 2.39. The Hall–Kier alpha value is -1.51. The lowest BCUT2D eigenvalue weighted by atomic mass is 10.1. The van der Waals surface area contributed by atoms with E-state index in [-0.39, 0.29) is 12.5 Å². The standard InChI is InChI=1S/C14H21NO2/c1-12(2)7-6-10-15-14(16)11-17-13-8-4-3-5-9-13/h3-5,8-9,12H,6-7,10-11H2,1-2H3,(H,15,16). The molecule has 0 fully saturated rings. The summed E-state index contributed by atoms with van der Waals surface area (Å²) in [5.41, 5.74) is 0. The van der Waals surface area contributed by atoms with Crippen molar-refractivity contribution in [2.75, 3.05) is 13.2 Å². The molecular formula is C14H21NO2. The van der Waals surface area contributed by atoms with Gasteiger partial charge in [0.15, 0.2) is 6.61 Å². The van der Waals surface area contributed by atoms with Crippen LogP contribution in [0.15, 0.2) is 30.3 Å². The Kier molecular flexibility index (Phi) is 6.15. The van der Waals surface area contributed by atoms with Crippen LogP contribution in [0.5, 0.6) is 5.75 Å². The lowest BCUT2D eigenvalue weighted by Gasteiger charge is -2.08. The SMILES string of the molecule is CC(C)CCCNC(=O)COc1ccccc1. The summed E-state index contributed by atoms with van der Waals surface area (Å²) in [6.07, 6.45) is 2.16. The topological polar surface area (TPSA) is 38.3 Å². The smallest absolute Gasteiger partial charge is 0.257 e. The van der Waals surface area contributed by atoms with E-state index in [1.165, 1.54) is 0 Å². The molecule has 1 rings (SSSR count). The molecule has 1 N–H and O–H groups in total. The quantitative estimate of drug-likeness (QED) is 0.738. The molecular weight excluding hydrogens is 214 g/mol. The van der Waals surface area contributed by atoms with E-state index in [4.69, 9.17) is 4.74 Å². The molecule has 0 radical (unpaired) electrons. The van der Waals surface area contributed by atoms with E-state index >= 15 is 0 Å². The van der Waals surface area contributed by atoms with Crippen molar-refractivity contribution in [1.82, 2.24) is 5.32 Å². The van der Waals surface area contributed by atoms with Gasteiger partial charge in [-0.3, -0.25) is 4.79 Å². The minimum atomic E-state index is -0.0578. The number of hydrogen-bond donors (Lipinski definition) is 1. The number of hydrogen-bond acceptors (Lipinski definition) is 2. The first-order valence-corrected chi connectivity index (χ1v) is 6.13. The molecule has 0 aliphatic carbocycles. The fourth-order valence-corrected chi connectivity index (χ4v) is 1.45. The molecule has 0 saturated heterocycles. The number of nitrogens with one attached hydrogen (secondary N) is 1. The van der Waals surface area contributed by atoms with Crippen LogP contribution >= 0.6 is 0 Å². The minimum absolute atomic E-state index is 0.0578. The number of amides is 1. The molecule has 0 atom stereocenters. The number of benzene rings is 1. The lowest BCUT2D eigenvalue weighted by Crippen LogP contribution is -2.29. The number of carbonyl (C=O) groups excluding carboxylic acids is 1. The van der Waals surface area contributed by atoms with Crippen LogP contribution in [0.1, 0.15) is 26.7 Å². The Labute approximate surface area is 103 Å². The zero-order valence-corrected chi connectivity index (χ0v) is 10.6. The van der Waals surface area contributed by atoms with Crippen molar-refractivity contribution in [2.45, 2.75) is 26.7 Å². The van der Waals surface area contributed by atoms with Crippen molar-refractivity contribution in [3.05, 3.63) is 30.3 Å². The van der Waals surface area contributed by atoms with Gasteiger partial charge in [0.1, 0.15) is 5.75 Å². The molecule has 1 aromatic carbocycles. The third kappa shape index (κ3) is 6.61. The van der Waals surface area contributed by atoms with E-state index in [0.29, 0.717) is 5.92 Å². The zero-order valence-electron chi connectivity index (χ0n) is 10.6. The molecule has 3 heteroatoms. The first-order valence-electron chi connectivity index (χ1n) is 6.13. The molecule has 94 valence electrons. The van der Waals surface area contributed by atoms with Gasteiger partial charge < -0.3 is 10.1 Å². The lowest BCUT2D eigenvalue weighted by molar-refractivity contribution is -0.123. The van der Waals surface area contributed by atoms with Gasteiger partial charge in [0.25, 0.3) is 5.91 Å². The van der Waals surface area contributed by atoms with Gasteiger partial charge in [0.2, 0.25) is 0 Å². The highest BCUT2D eigenvalue weighted by Gasteiger charge is 2.02. The van der Waals surface area contributed by atoms with Crippen molar-refractivity contribution in [3.8, 4) is 5.75 Å². The van der Waals surface area contributed by atoms with Crippen molar-refractivity contribution in [2.24, 2.45) is 5.92 Å². The van der Waals surface area contributed by atoms with Crippen LogP contribution in [0.4, 0.5) is 0 Å². The van der Waals surface area contributed by atoms with Gasteiger partial charge in [-0.05, 0) is 30.9 Å². The van der Waals surface area contributed by atoms with Gasteiger partial charge in [-0.15, -0.1) is 0 Å². The van der Waals surface area contributed by atoms with Gasteiger partial charge in [-0.25, -0.2) is 0 Å². The molecule has 0 saturated carbocycles. The van der Waals surface area contributed by atoms with Crippen LogP contribution in [-0.4, -0.2) is 19.1 Å². The summed E-state index contributed by atoms with van der Waals surface area (Å²) in [5, 5.41) is 2.84. The van der Waals surface area contributed by atoms with Gasteiger partial charge >= 0.3 is 0 Å². The maximum Gasteiger partial charge on any atom is 0.257 e. The molecule has 3 nitrogen and oxygen atoms in total. The van der Waals surface area contributed by atoms with Gasteiger partial charge in [-0.1, -0.05) is 32.0 Å². The summed E-state index contributed by atoms with van der Waals surface area (Å²) in [7, 11) is 0. The second-order valence-electron chi connectivity index (χ2n) is 4.49. The van der Waals surface area contributed by atoms with Crippen molar-refractivity contribution < 1.29 is 9.53 Å². The van der Waals surface area contributed by atoms with Crippen molar-refractivity contribution in [1.29, 1.82) is 0 Å². The molecule has 0 heterocycles. The van der Waals surface area contributed by atoms with E-state index in [1.807, 2.05) is 30.3 Å². The summed E-state index contributed by atoms with van der Waals surface area (Å²) in [4.78, 5) is 11.4. The Bertz CT molecular complexity index is 322. The zero-order chi connectivity index (χ0) is 12.5. The average Bonchev–Trinajstić information content (AvgIpc) is 2.33. The predicted molar refractivity (Wildman–Crippen MR) is 69.0 cm³/mol. The highest BCUT2D eigenvalue weighted by molar-refractivity contribution is 5.77. The summed E-state index contributed by atoms with van der Waals surface area (Å²) in [6.45, 7) is 5.18. The van der Waals surface area contributed by atoms with Crippen LogP contribution in [0.3, 0.4) is 0 Å². The molecule has 0 unspecified atom stereocenters. The normalized spacial score (nSPS) is 10.3. The van der Waals surface area contributed by atoms with E-state index < -0.39 is 0 Å². The first kappa shape index (κ1) is 13.6. The molecule has 17 heavy (non-hydrogen) atoms. The molecule has 0 bridgehead atoms. The number of carbonyl (C=O) groups is 1.